The van der Waals surface area contributed by atoms with Crippen molar-refractivity contribution in [1.82, 2.24) is 24.6 Å². The zero-order valence-corrected chi connectivity index (χ0v) is 17.6. The van der Waals surface area contributed by atoms with Gasteiger partial charge in [0.2, 0.25) is 5.91 Å². The van der Waals surface area contributed by atoms with E-state index in [2.05, 4.69) is 20.4 Å². The number of rotatable bonds is 5. The van der Waals surface area contributed by atoms with Crippen LogP contribution in [0.1, 0.15) is 23.2 Å². The molecule has 0 bridgehead atoms. The number of carbonyl (C=O) groups excluding carboxylic acids is 1. The molecule has 156 valence electrons. The minimum Gasteiger partial charge on any atom is -0.368 e. The van der Waals surface area contributed by atoms with E-state index in [0.29, 0.717) is 31.2 Å². The van der Waals surface area contributed by atoms with Crippen molar-refractivity contribution in [2.45, 2.75) is 26.5 Å². The van der Waals surface area contributed by atoms with Gasteiger partial charge in [-0.05, 0) is 32.0 Å². The number of morpholine rings is 1. The molecule has 1 atom stereocenters. The fraction of sp³-hybridized carbons (Fsp3) is 0.350. The monoisotopic (exact) mass is 426 g/mol. The molecule has 4 rings (SSSR count). The number of ether oxygens (including phenoxy) is 1. The molecule has 9 nitrogen and oxygen atoms in total. The Kier molecular flexibility index (Phi) is 5.86. The highest BCUT2D eigenvalue weighted by Crippen LogP contribution is 2.24. The summed E-state index contributed by atoms with van der Waals surface area (Å²) in [5.41, 5.74) is 2.07. The third-order valence-electron chi connectivity index (χ3n) is 4.66. The number of carbonyl (C=O) groups is 1. The molecule has 1 aliphatic heterocycles. The summed E-state index contributed by atoms with van der Waals surface area (Å²) in [7, 11) is 0. The van der Waals surface area contributed by atoms with Crippen LogP contribution in [0.25, 0.3) is 0 Å². The van der Waals surface area contributed by atoms with Crippen molar-refractivity contribution >= 4 is 28.2 Å². The maximum Gasteiger partial charge on any atom is 0.267 e. The Labute approximate surface area is 177 Å². The largest absolute Gasteiger partial charge is 0.368 e. The van der Waals surface area contributed by atoms with Gasteiger partial charge in [0.25, 0.3) is 5.56 Å². The van der Waals surface area contributed by atoms with Crippen LogP contribution in [-0.4, -0.2) is 50.3 Å². The minimum absolute atomic E-state index is 0.0916. The SMILES string of the molecule is Cc1csc(Nc2cccc([C@@H]3CN(C(=O)Cn4nc(C)ccc4=O)CCO3)n2)n1. The zero-order valence-electron chi connectivity index (χ0n) is 16.7. The normalized spacial score (nSPS) is 16.5. The third kappa shape index (κ3) is 4.71. The van der Waals surface area contributed by atoms with Crippen LogP contribution < -0.4 is 10.9 Å². The summed E-state index contributed by atoms with van der Waals surface area (Å²) in [4.78, 5) is 35.4. The summed E-state index contributed by atoms with van der Waals surface area (Å²) in [5.74, 6) is 0.500. The zero-order chi connectivity index (χ0) is 21.1. The van der Waals surface area contributed by atoms with Crippen LogP contribution in [0.5, 0.6) is 0 Å². The highest BCUT2D eigenvalue weighted by Gasteiger charge is 2.27. The molecule has 0 radical (unpaired) electrons. The van der Waals surface area contributed by atoms with Crippen LogP contribution in [0.15, 0.2) is 40.5 Å². The number of nitrogens with one attached hydrogen (secondary N) is 1. The van der Waals surface area contributed by atoms with Gasteiger partial charge in [0.15, 0.2) is 5.13 Å². The van der Waals surface area contributed by atoms with E-state index in [9.17, 15) is 9.59 Å². The lowest BCUT2D eigenvalue weighted by Crippen LogP contribution is -2.45. The molecule has 1 N–H and O–H groups in total. The van der Waals surface area contributed by atoms with E-state index in [-0.39, 0.29) is 24.1 Å². The fourth-order valence-electron chi connectivity index (χ4n) is 3.17. The lowest BCUT2D eigenvalue weighted by molar-refractivity contribution is -0.140. The van der Waals surface area contributed by atoms with Gasteiger partial charge in [-0.15, -0.1) is 11.3 Å². The molecular formula is C20H22N6O3S. The summed E-state index contributed by atoms with van der Waals surface area (Å²) in [6.07, 6.45) is -0.343. The Balaban J connectivity index is 1.44. The Morgan fingerprint density at radius 3 is 2.90 bits per heavy atom. The predicted octanol–water partition coefficient (Wildman–Crippen LogP) is 2.06. The van der Waals surface area contributed by atoms with Gasteiger partial charge >= 0.3 is 0 Å². The van der Waals surface area contributed by atoms with E-state index >= 15 is 0 Å². The van der Waals surface area contributed by atoms with E-state index < -0.39 is 0 Å². The lowest BCUT2D eigenvalue weighted by Gasteiger charge is -2.32. The highest BCUT2D eigenvalue weighted by molar-refractivity contribution is 7.13. The van der Waals surface area contributed by atoms with Crippen LogP contribution in [0.3, 0.4) is 0 Å². The van der Waals surface area contributed by atoms with Crippen molar-refractivity contribution in [2.24, 2.45) is 0 Å². The van der Waals surface area contributed by atoms with Gasteiger partial charge in [-0.1, -0.05) is 6.07 Å². The predicted molar refractivity (Wildman–Crippen MR) is 113 cm³/mol. The molecule has 30 heavy (non-hydrogen) atoms. The smallest absolute Gasteiger partial charge is 0.267 e. The number of aryl methyl sites for hydroxylation is 2. The van der Waals surface area contributed by atoms with Crippen molar-refractivity contribution in [3.8, 4) is 0 Å². The lowest BCUT2D eigenvalue weighted by atomic mass is 10.2. The Morgan fingerprint density at radius 1 is 1.23 bits per heavy atom. The topological polar surface area (TPSA) is 102 Å². The average molecular weight is 427 g/mol. The van der Waals surface area contributed by atoms with Crippen LogP contribution >= 0.6 is 11.3 Å². The summed E-state index contributed by atoms with van der Waals surface area (Å²) in [6, 6.07) is 8.69. The summed E-state index contributed by atoms with van der Waals surface area (Å²) in [6.45, 7) is 4.86. The number of amides is 1. The maximum atomic E-state index is 12.7. The molecule has 1 saturated heterocycles. The highest BCUT2D eigenvalue weighted by atomic mass is 32.1. The number of pyridine rings is 1. The number of anilines is 2. The molecule has 0 aromatic carbocycles. The van der Waals surface area contributed by atoms with Gasteiger partial charge in [-0.25, -0.2) is 14.6 Å². The maximum absolute atomic E-state index is 12.7. The van der Waals surface area contributed by atoms with E-state index in [1.54, 1.807) is 17.9 Å². The first-order valence-electron chi connectivity index (χ1n) is 9.58. The van der Waals surface area contributed by atoms with Crippen molar-refractivity contribution in [2.75, 3.05) is 25.0 Å². The molecule has 3 aromatic rings. The average Bonchev–Trinajstić information content (AvgIpc) is 3.15. The first-order chi connectivity index (χ1) is 14.5. The number of aromatic nitrogens is 4. The second kappa shape index (κ2) is 8.72. The molecular weight excluding hydrogens is 404 g/mol. The molecule has 0 aliphatic carbocycles. The van der Waals surface area contributed by atoms with Crippen molar-refractivity contribution in [1.29, 1.82) is 0 Å². The first kappa shape index (κ1) is 20.2. The molecule has 1 amide bonds. The summed E-state index contributed by atoms with van der Waals surface area (Å²) < 4.78 is 7.06. The van der Waals surface area contributed by atoms with Crippen molar-refractivity contribution in [3.63, 3.8) is 0 Å². The van der Waals surface area contributed by atoms with E-state index in [1.165, 1.54) is 22.1 Å². The first-order valence-corrected chi connectivity index (χ1v) is 10.5. The van der Waals surface area contributed by atoms with Crippen LogP contribution in [0.2, 0.25) is 0 Å². The van der Waals surface area contributed by atoms with Crippen LogP contribution in [-0.2, 0) is 16.1 Å². The van der Waals surface area contributed by atoms with Gasteiger partial charge in [-0.3, -0.25) is 9.59 Å². The Morgan fingerprint density at radius 2 is 2.10 bits per heavy atom. The molecule has 1 aliphatic rings. The van der Waals surface area contributed by atoms with E-state index in [4.69, 9.17) is 4.74 Å². The molecule has 1 fully saturated rings. The number of hydrogen-bond donors (Lipinski definition) is 1. The molecule has 0 spiro atoms. The third-order valence-corrected chi connectivity index (χ3v) is 5.53. The molecule has 10 heteroatoms. The standard InChI is InChI=1S/C20H22N6O3S/c1-13-6-7-18(27)26(24-13)11-19(28)25-8-9-29-16(10-25)15-4-3-5-17(22-15)23-20-21-14(2)12-30-20/h3-7,12,16H,8-11H2,1-2H3,(H,21,22,23)/t16-/m0/s1. The van der Waals surface area contributed by atoms with Crippen molar-refractivity contribution < 1.29 is 9.53 Å². The minimum atomic E-state index is -0.343. The molecule has 0 unspecified atom stereocenters. The summed E-state index contributed by atoms with van der Waals surface area (Å²) >= 11 is 1.51. The molecule has 0 saturated carbocycles. The Bertz CT molecular complexity index is 1110. The van der Waals surface area contributed by atoms with Gasteiger partial charge in [0.1, 0.15) is 18.5 Å². The van der Waals surface area contributed by atoms with Gasteiger partial charge < -0.3 is 15.0 Å². The van der Waals surface area contributed by atoms with Gasteiger partial charge in [-0.2, -0.15) is 5.10 Å². The second-order valence-corrected chi connectivity index (χ2v) is 7.89. The number of thiazole rings is 1. The summed E-state index contributed by atoms with van der Waals surface area (Å²) in [5, 5.41) is 10.1. The quantitative estimate of drug-likeness (QED) is 0.666. The number of hydrogen-bond acceptors (Lipinski definition) is 8. The number of nitrogens with zero attached hydrogens (tertiary/aromatic N) is 5. The van der Waals surface area contributed by atoms with Crippen LogP contribution in [0, 0.1) is 13.8 Å². The van der Waals surface area contributed by atoms with E-state index in [1.807, 2.05) is 30.5 Å². The molecule has 3 aromatic heterocycles. The second-order valence-electron chi connectivity index (χ2n) is 7.04. The van der Waals surface area contributed by atoms with Gasteiger partial charge in [0, 0.05) is 18.0 Å². The van der Waals surface area contributed by atoms with E-state index in [0.717, 1.165) is 16.5 Å². The van der Waals surface area contributed by atoms with Crippen molar-refractivity contribution in [3.05, 3.63) is 63.1 Å². The Hall–Kier alpha value is -3.11. The fourth-order valence-corrected chi connectivity index (χ4v) is 3.86. The molecule has 4 heterocycles. The van der Waals surface area contributed by atoms with Gasteiger partial charge in [0.05, 0.1) is 30.2 Å². The van der Waals surface area contributed by atoms with Crippen LogP contribution in [0.4, 0.5) is 10.9 Å².